The van der Waals surface area contributed by atoms with Gasteiger partial charge in [0.05, 0.1) is 25.8 Å². The topological polar surface area (TPSA) is 65.7 Å². The van der Waals surface area contributed by atoms with E-state index in [9.17, 15) is 4.79 Å². The minimum Gasteiger partial charge on any atom is -0.493 e. The van der Waals surface area contributed by atoms with Crippen molar-refractivity contribution < 1.29 is 9.47 Å². The number of nitrogens with zero attached hydrogens (tertiary/aromatic N) is 3. The summed E-state index contributed by atoms with van der Waals surface area (Å²) in [5.74, 6) is 1.70. The summed E-state index contributed by atoms with van der Waals surface area (Å²) in [4.78, 5) is 17.6. The summed E-state index contributed by atoms with van der Waals surface area (Å²) < 4.78 is 11.9. The van der Waals surface area contributed by atoms with Crippen molar-refractivity contribution in [2.45, 2.75) is 6.92 Å². The number of methoxy groups -OCH3 is 2. The number of aryl methyl sites for hydroxylation is 1. The normalized spacial score (nSPS) is 11.3. The van der Waals surface area contributed by atoms with Gasteiger partial charge in [-0.3, -0.25) is 4.79 Å². The second-order valence-corrected chi connectivity index (χ2v) is 5.64. The van der Waals surface area contributed by atoms with Gasteiger partial charge >= 0.3 is 0 Å². The quantitative estimate of drug-likeness (QED) is 0.690. The first-order valence-electron chi connectivity index (χ1n) is 6.88. The third-order valence-corrected chi connectivity index (χ3v) is 4.19. The van der Waals surface area contributed by atoms with Crippen molar-refractivity contribution >= 4 is 27.8 Å². The zero-order valence-electron chi connectivity index (χ0n) is 12.9. The van der Waals surface area contributed by atoms with Crippen molar-refractivity contribution in [2.75, 3.05) is 14.2 Å². The molecule has 0 atom stereocenters. The van der Waals surface area contributed by atoms with E-state index in [4.69, 9.17) is 9.47 Å². The SMILES string of the molecule is COc1cccc(/C=N\n2c(C)nc3sccc3c2=O)c1OC. The standard InChI is InChI=1S/C16H15N3O3S/c1-10-18-15-12(7-8-23-15)16(20)19(10)17-9-11-5-4-6-13(21-2)14(11)22-3/h4-9H,1-3H3/b17-9-. The fourth-order valence-electron chi connectivity index (χ4n) is 2.28. The van der Waals surface area contributed by atoms with Crippen molar-refractivity contribution in [2.24, 2.45) is 5.10 Å². The van der Waals surface area contributed by atoms with E-state index in [-0.39, 0.29) is 5.56 Å². The molecule has 0 spiro atoms. The van der Waals surface area contributed by atoms with Gasteiger partial charge in [0.25, 0.3) is 5.56 Å². The first kappa shape index (κ1) is 15.2. The van der Waals surface area contributed by atoms with Gasteiger partial charge < -0.3 is 9.47 Å². The van der Waals surface area contributed by atoms with Gasteiger partial charge in [0.2, 0.25) is 0 Å². The largest absolute Gasteiger partial charge is 0.493 e. The average Bonchev–Trinajstić information content (AvgIpc) is 3.02. The Balaban J connectivity index is 2.09. The molecule has 0 saturated carbocycles. The highest BCUT2D eigenvalue weighted by atomic mass is 32.1. The lowest BCUT2D eigenvalue weighted by molar-refractivity contribution is 0.354. The smallest absolute Gasteiger partial charge is 0.282 e. The molecule has 23 heavy (non-hydrogen) atoms. The van der Waals surface area contributed by atoms with E-state index in [1.54, 1.807) is 39.5 Å². The van der Waals surface area contributed by atoms with Crippen molar-refractivity contribution in [3.63, 3.8) is 0 Å². The third-order valence-electron chi connectivity index (χ3n) is 3.38. The molecule has 0 aliphatic carbocycles. The van der Waals surface area contributed by atoms with Crippen LogP contribution < -0.4 is 15.0 Å². The first-order valence-corrected chi connectivity index (χ1v) is 7.76. The number of ether oxygens (including phenoxy) is 2. The summed E-state index contributed by atoms with van der Waals surface area (Å²) in [5.41, 5.74) is 0.524. The number of para-hydroxylation sites is 1. The van der Waals surface area contributed by atoms with Crippen LogP contribution in [0.4, 0.5) is 0 Å². The molecule has 0 aliphatic rings. The molecule has 0 unspecified atom stereocenters. The molecule has 3 rings (SSSR count). The Bertz CT molecular complexity index is 943. The fourth-order valence-corrected chi connectivity index (χ4v) is 3.08. The Hall–Kier alpha value is -2.67. The highest BCUT2D eigenvalue weighted by molar-refractivity contribution is 7.16. The molecule has 0 aliphatic heterocycles. The number of fused-ring (bicyclic) bond motifs is 1. The van der Waals surface area contributed by atoms with Crippen LogP contribution in [0.1, 0.15) is 11.4 Å². The van der Waals surface area contributed by atoms with Gasteiger partial charge in [0.1, 0.15) is 10.7 Å². The highest BCUT2D eigenvalue weighted by Gasteiger charge is 2.10. The van der Waals surface area contributed by atoms with Gasteiger partial charge in [-0.25, -0.2) is 4.98 Å². The molecule has 1 aromatic carbocycles. The summed E-state index contributed by atoms with van der Waals surface area (Å²) in [6.07, 6.45) is 1.57. The van der Waals surface area contributed by atoms with Crippen molar-refractivity contribution in [1.29, 1.82) is 0 Å². The Labute approximate surface area is 136 Å². The maximum Gasteiger partial charge on any atom is 0.282 e. The van der Waals surface area contributed by atoms with Crippen LogP contribution in [-0.2, 0) is 0 Å². The maximum atomic E-state index is 12.5. The number of aromatic nitrogens is 2. The zero-order chi connectivity index (χ0) is 16.4. The molecule has 0 radical (unpaired) electrons. The van der Waals surface area contributed by atoms with Gasteiger partial charge in [-0.1, -0.05) is 6.07 Å². The Morgan fingerprint density at radius 3 is 2.83 bits per heavy atom. The second kappa shape index (κ2) is 6.21. The predicted molar refractivity (Wildman–Crippen MR) is 91.2 cm³/mol. The lowest BCUT2D eigenvalue weighted by Crippen LogP contribution is -2.19. The molecule has 6 nitrogen and oxygen atoms in total. The molecule has 0 bridgehead atoms. The Morgan fingerprint density at radius 1 is 1.26 bits per heavy atom. The number of benzene rings is 1. The third kappa shape index (κ3) is 2.70. The van der Waals surface area contributed by atoms with Crippen LogP contribution in [0, 0.1) is 6.92 Å². The van der Waals surface area contributed by atoms with E-state index in [0.717, 1.165) is 4.83 Å². The molecular weight excluding hydrogens is 314 g/mol. The summed E-state index contributed by atoms with van der Waals surface area (Å²) in [5, 5.41) is 6.69. The number of hydrogen-bond donors (Lipinski definition) is 0. The van der Waals surface area contributed by atoms with Crippen LogP contribution in [0.15, 0.2) is 39.5 Å². The van der Waals surface area contributed by atoms with Crippen LogP contribution in [-0.4, -0.2) is 30.1 Å². The van der Waals surface area contributed by atoms with Crippen molar-refractivity contribution in [3.05, 3.63) is 51.4 Å². The fraction of sp³-hybridized carbons (Fsp3) is 0.188. The molecule has 0 N–H and O–H groups in total. The monoisotopic (exact) mass is 329 g/mol. The zero-order valence-corrected chi connectivity index (χ0v) is 13.8. The average molecular weight is 329 g/mol. The molecule has 118 valence electrons. The van der Waals surface area contributed by atoms with E-state index in [1.807, 2.05) is 17.5 Å². The minimum atomic E-state index is -0.188. The predicted octanol–water partition coefficient (Wildman–Crippen LogP) is 2.67. The van der Waals surface area contributed by atoms with Gasteiger partial charge in [0.15, 0.2) is 11.5 Å². The summed E-state index contributed by atoms with van der Waals surface area (Å²) in [6, 6.07) is 7.22. The summed E-state index contributed by atoms with van der Waals surface area (Å²) in [6.45, 7) is 1.75. The van der Waals surface area contributed by atoms with E-state index in [1.165, 1.54) is 16.0 Å². The van der Waals surface area contributed by atoms with E-state index >= 15 is 0 Å². The van der Waals surface area contributed by atoms with Gasteiger partial charge in [0, 0.05) is 5.56 Å². The van der Waals surface area contributed by atoms with E-state index in [0.29, 0.717) is 28.3 Å². The van der Waals surface area contributed by atoms with Crippen LogP contribution in [0.2, 0.25) is 0 Å². The summed E-state index contributed by atoms with van der Waals surface area (Å²) in [7, 11) is 3.13. The molecule has 0 amide bonds. The molecule has 0 saturated heterocycles. The number of thiophene rings is 1. The van der Waals surface area contributed by atoms with Gasteiger partial charge in [-0.05, 0) is 30.5 Å². The van der Waals surface area contributed by atoms with Crippen molar-refractivity contribution in [1.82, 2.24) is 9.66 Å². The van der Waals surface area contributed by atoms with Crippen LogP contribution >= 0.6 is 11.3 Å². The summed E-state index contributed by atoms with van der Waals surface area (Å²) >= 11 is 1.44. The van der Waals surface area contributed by atoms with E-state index < -0.39 is 0 Å². The Morgan fingerprint density at radius 2 is 2.09 bits per heavy atom. The highest BCUT2D eigenvalue weighted by Crippen LogP contribution is 2.29. The van der Waals surface area contributed by atoms with Crippen LogP contribution in [0.3, 0.4) is 0 Å². The molecule has 7 heteroatoms. The lowest BCUT2D eigenvalue weighted by Gasteiger charge is -2.09. The molecule has 2 heterocycles. The van der Waals surface area contributed by atoms with Gasteiger partial charge in [-0.15, -0.1) is 11.3 Å². The Kier molecular flexibility index (Phi) is 4.12. The van der Waals surface area contributed by atoms with Gasteiger partial charge in [-0.2, -0.15) is 9.78 Å². The lowest BCUT2D eigenvalue weighted by atomic mass is 10.2. The maximum absolute atomic E-state index is 12.5. The number of rotatable bonds is 4. The van der Waals surface area contributed by atoms with Crippen LogP contribution in [0.25, 0.3) is 10.2 Å². The first-order chi connectivity index (χ1) is 11.2. The minimum absolute atomic E-state index is 0.188. The van der Waals surface area contributed by atoms with Crippen LogP contribution in [0.5, 0.6) is 11.5 Å². The molecule has 0 fully saturated rings. The molecule has 3 aromatic rings. The second-order valence-electron chi connectivity index (χ2n) is 4.74. The number of hydrogen-bond acceptors (Lipinski definition) is 6. The van der Waals surface area contributed by atoms with E-state index in [2.05, 4.69) is 10.1 Å². The molecule has 2 aromatic heterocycles. The van der Waals surface area contributed by atoms with Crippen molar-refractivity contribution in [3.8, 4) is 11.5 Å². The molecular formula is C16H15N3O3S.